The van der Waals surface area contributed by atoms with Crippen LogP contribution in [0.1, 0.15) is 39.0 Å². The zero-order valence-corrected chi connectivity index (χ0v) is 11.9. The van der Waals surface area contributed by atoms with Gasteiger partial charge in [0.2, 0.25) is 5.91 Å². The molecule has 1 aliphatic rings. The van der Waals surface area contributed by atoms with E-state index >= 15 is 0 Å². The van der Waals surface area contributed by atoms with Crippen LogP contribution in [0.2, 0.25) is 0 Å². The van der Waals surface area contributed by atoms with Crippen LogP contribution in [0, 0.1) is 0 Å². The molecular weight excluding hydrogens is 262 g/mol. The zero-order valence-electron chi connectivity index (χ0n) is 11.9. The molecule has 0 aliphatic carbocycles. The SMILES string of the molecule is CC(=O)NCCNC(=O)N1CCCCC1CCC(=O)O. The van der Waals surface area contributed by atoms with Gasteiger partial charge in [0.15, 0.2) is 0 Å². The lowest BCUT2D eigenvalue weighted by Crippen LogP contribution is -2.50. The number of carbonyl (C=O) groups is 3. The number of carboxylic acids is 1. The number of hydrogen-bond donors (Lipinski definition) is 3. The van der Waals surface area contributed by atoms with Crippen molar-refractivity contribution in [1.29, 1.82) is 0 Å². The lowest BCUT2D eigenvalue weighted by molar-refractivity contribution is -0.137. The maximum Gasteiger partial charge on any atom is 0.317 e. The Kier molecular flexibility index (Phi) is 6.83. The predicted octanol–water partition coefficient (Wildman–Crippen LogP) is 0.551. The summed E-state index contributed by atoms with van der Waals surface area (Å²) in [7, 11) is 0. The first kappa shape index (κ1) is 16.3. The molecule has 0 spiro atoms. The summed E-state index contributed by atoms with van der Waals surface area (Å²) < 4.78 is 0. The summed E-state index contributed by atoms with van der Waals surface area (Å²) >= 11 is 0. The van der Waals surface area contributed by atoms with Gasteiger partial charge in [0.1, 0.15) is 0 Å². The van der Waals surface area contributed by atoms with Crippen LogP contribution >= 0.6 is 0 Å². The van der Waals surface area contributed by atoms with Gasteiger partial charge in [-0.3, -0.25) is 9.59 Å². The number of carbonyl (C=O) groups excluding carboxylic acids is 2. The van der Waals surface area contributed by atoms with Crippen molar-refractivity contribution in [3.8, 4) is 0 Å². The minimum Gasteiger partial charge on any atom is -0.481 e. The predicted molar refractivity (Wildman–Crippen MR) is 73.3 cm³/mol. The molecule has 7 nitrogen and oxygen atoms in total. The van der Waals surface area contributed by atoms with E-state index in [0.717, 1.165) is 19.3 Å². The molecule has 3 amide bonds. The molecule has 0 aromatic carbocycles. The van der Waals surface area contributed by atoms with Gasteiger partial charge < -0.3 is 20.6 Å². The van der Waals surface area contributed by atoms with Crippen LogP contribution in [0.3, 0.4) is 0 Å². The molecule has 1 atom stereocenters. The number of piperidine rings is 1. The Labute approximate surface area is 118 Å². The third-order valence-electron chi connectivity index (χ3n) is 3.35. The summed E-state index contributed by atoms with van der Waals surface area (Å²) in [5.74, 6) is -0.960. The number of likely N-dealkylation sites (tertiary alicyclic amines) is 1. The van der Waals surface area contributed by atoms with Crippen molar-refractivity contribution in [3.05, 3.63) is 0 Å². The zero-order chi connectivity index (χ0) is 15.0. The first-order valence-corrected chi connectivity index (χ1v) is 7.01. The van der Waals surface area contributed by atoms with Gasteiger partial charge in [-0.05, 0) is 25.7 Å². The number of aliphatic carboxylic acids is 1. The number of hydrogen-bond acceptors (Lipinski definition) is 3. The van der Waals surface area contributed by atoms with E-state index in [0.29, 0.717) is 26.1 Å². The molecule has 1 heterocycles. The second-order valence-electron chi connectivity index (χ2n) is 4.99. The molecule has 0 aromatic heterocycles. The number of nitrogens with one attached hydrogen (secondary N) is 2. The molecule has 0 saturated carbocycles. The molecule has 1 saturated heterocycles. The average Bonchev–Trinajstić information content (AvgIpc) is 2.41. The Morgan fingerprint density at radius 2 is 1.90 bits per heavy atom. The highest BCUT2D eigenvalue weighted by Gasteiger charge is 2.26. The first-order valence-electron chi connectivity index (χ1n) is 7.01. The number of amides is 3. The summed E-state index contributed by atoms with van der Waals surface area (Å²) in [5.41, 5.74) is 0. The Balaban J connectivity index is 2.37. The Morgan fingerprint density at radius 3 is 2.55 bits per heavy atom. The largest absolute Gasteiger partial charge is 0.481 e. The van der Waals surface area contributed by atoms with Crippen LogP contribution in [0.15, 0.2) is 0 Å². The van der Waals surface area contributed by atoms with E-state index in [-0.39, 0.29) is 24.4 Å². The Bertz CT molecular complexity index is 360. The molecule has 1 unspecified atom stereocenters. The minimum absolute atomic E-state index is 0.000571. The number of urea groups is 1. The van der Waals surface area contributed by atoms with Gasteiger partial charge in [0.25, 0.3) is 0 Å². The van der Waals surface area contributed by atoms with Crippen molar-refractivity contribution >= 4 is 17.9 Å². The van der Waals surface area contributed by atoms with E-state index in [4.69, 9.17) is 5.11 Å². The quantitative estimate of drug-likeness (QED) is 0.621. The van der Waals surface area contributed by atoms with E-state index < -0.39 is 5.97 Å². The molecule has 0 radical (unpaired) electrons. The number of nitrogens with zero attached hydrogens (tertiary/aromatic N) is 1. The van der Waals surface area contributed by atoms with Crippen LogP contribution in [0.25, 0.3) is 0 Å². The van der Waals surface area contributed by atoms with Crippen LogP contribution in [0.5, 0.6) is 0 Å². The molecule has 1 rings (SSSR count). The molecule has 3 N–H and O–H groups in total. The van der Waals surface area contributed by atoms with Crippen molar-refractivity contribution in [3.63, 3.8) is 0 Å². The maximum absolute atomic E-state index is 12.1. The Morgan fingerprint density at radius 1 is 1.20 bits per heavy atom. The summed E-state index contributed by atoms with van der Waals surface area (Å²) in [4.78, 5) is 35.1. The van der Waals surface area contributed by atoms with Gasteiger partial charge >= 0.3 is 12.0 Å². The molecule has 20 heavy (non-hydrogen) atoms. The van der Waals surface area contributed by atoms with Crippen molar-refractivity contribution in [2.24, 2.45) is 0 Å². The summed E-state index contributed by atoms with van der Waals surface area (Å²) in [6, 6.07) is -0.175. The average molecular weight is 285 g/mol. The van der Waals surface area contributed by atoms with Crippen LogP contribution < -0.4 is 10.6 Å². The normalized spacial score (nSPS) is 18.4. The second kappa shape index (κ2) is 8.39. The van der Waals surface area contributed by atoms with Gasteiger partial charge in [-0.25, -0.2) is 4.79 Å². The lowest BCUT2D eigenvalue weighted by Gasteiger charge is -2.35. The number of carboxylic acid groups (broad SMARTS) is 1. The first-order chi connectivity index (χ1) is 9.50. The van der Waals surface area contributed by atoms with E-state index in [1.165, 1.54) is 6.92 Å². The molecular formula is C13H23N3O4. The maximum atomic E-state index is 12.1. The van der Waals surface area contributed by atoms with Crippen LogP contribution in [0.4, 0.5) is 4.79 Å². The molecule has 1 aliphatic heterocycles. The van der Waals surface area contributed by atoms with Crippen molar-refractivity contribution in [2.45, 2.75) is 45.1 Å². The summed E-state index contributed by atoms with van der Waals surface area (Å²) in [5, 5.41) is 14.1. The molecule has 7 heteroatoms. The minimum atomic E-state index is -0.832. The summed E-state index contributed by atoms with van der Waals surface area (Å²) in [6.07, 6.45) is 3.41. The summed E-state index contributed by atoms with van der Waals surface area (Å²) in [6.45, 7) is 2.86. The van der Waals surface area contributed by atoms with E-state index in [2.05, 4.69) is 10.6 Å². The van der Waals surface area contributed by atoms with Crippen molar-refractivity contribution < 1.29 is 19.5 Å². The van der Waals surface area contributed by atoms with Crippen molar-refractivity contribution in [1.82, 2.24) is 15.5 Å². The molecule has 1 fully saturated rings. The number of rotatable bonds is 6. The molecule has 0 bridgehead atoms. The lowest BCUT2D eigenvalue weighted by atomic mass is 9.98. The van der Waals surface area contributed by atoms with Crippen LogP contribution in [-0.4, -0.2) is 53.6 Å². The second-order valence-corrected chi connectivity index (χ2v) is 4.99. The van der Waals surface area contributed by atoms with Gasteiger partial charge in [-0.15, -0.1) is 0 Å². The van der Waals surface area contributed by atoms with Gasteiger partial charge in [0.05, 0.1) is 0 Å². The smallest absolute Gasteiger partial charge is 0.317 e. The van der Waals surface area contributed by atoms with Gasteiger partial charge in [-0.1, -0.05) is 0 Å². The van der Waals surface area contributed by atoms with E-state index in [9.17, 15) is 14.4 Å². The highest BCUT2D eigenvalue weighted by molar-refractivity contribution is 5.75. The molecule has 114 valence electrons. The van der Waals surface area contributed by atoms with Crippen molar-refractivity contribution in [2.75, 3.05) is 19.6 Å². The highest BCUT2D eigenvalue weighted by atomic mass is 16.4. The fourth-order valence-corrected chi connectivity index (χ4v) is 2.37. The third-order valence-corrected chi connectivity index (χ3v) is 3.35. The highest BCUT2D eigenvalue weighted by Crippen LogP contribution is 2.20. The van der Waals surface area contributed by atoms with Crippen LogP contribution in [-0.2, 0) is 9.59 Å². The Hall–Kier alpha value is -1.79. The topological polar surface area (TPSA) is 98.7 Å². The fraction of sp³-hybridized carbons (Fsp3) is 0.769. The van der Waals surface area contributed by atoms with Gasteiger partial charge in [-0.2, -0.15) is 0 Å². The fourth-order valence-electron chi connectivity index (χ4n) is 2.37. The standard InChI is InChI=1S/C13H23N3O4/c1-10(17)14-7-8-15-13(20)16-9-3-2-4-11(16)5-6-12(18)19/h11H,2-9H2,1H3,(H,14,17)(H,15,20)(H,18,19). The van der Waals surface area contributed by atoms with E-state index in [1.807, 2.05) is 0 Å². The van der Waals surface area contributed by atoms with Gasteiger partial charge in [0, 0.05) is 39.0 Å². The third kappa shape index (κ3) is 5.90. The molecule has 0 aromatic rings. The monoisotopic (exact) mass is 285 g/mol. The van der Waals surface area contributed by atoms with E-state index in [1.54, 1.807) is 4.90 Å².